The fourth-order valence-corrected chi connectivity index (χ4v) is 2.01. The zero-order chi connectivity index (χ0) is 12.5. The van der Waals surface area contributed by atoms with Gasteiger partial charge in [0.15, 0.2) is 0 Å². The normalized spacial score (nSPS) is 17.2. The van der Waals surface area contributed by atoms with Crippen molar-refractivity contribution in [1.29, 1.82) is 0 Å². The molecule has 2 N–H and O–H groups in total. The van der Waals surface area contributed by atoms with E-state index in [1.54, 1.807) is 0 Å². The number of amides is 1. The van der Waals surface area contributed by atoms with Crippen molar-refractivity contribution in [3.05, 3.63) is 11.6 Å². The van der Waals surface area contributed by atoms with E-state index in [9.17, 15) is 4.79 Å². The third kappa shape index (κ3) is 2.48. The second-order valence-corrected chi connectivity index (χ2v) is 5.16. The topological polar surface area (TPSA) is 70.7 Å². The summed E-state index contributed by atoms with van der Waals surface area (Å²) in [5.41, 5.74) is 0.319. The Balaban J connectivity index is 1.89. The van der Waals surface area contributed by atoms with Gasteiger partial charge in [-0.15, -0.1) is 5.10 Å². The van der Waals surface area contributed by atoms with Gasteiger partial charge in [0.2, 0.25) is 5.82 Å². The van der Waals surface area contributed by atoms with Gasteiger partial charge in [-0.2, -0.15) is 0 Å². The first-order valence-electron chi connectivity index (χ1n) is 6.27. The van der Waals surface area contributed by atoms with Crippen LogP contribution < -0.4 is 5.32 Å². The first-order chi connectivity index (χ1) is 8.07. The van der Waals surface area contributed by atoms with Crippen LogP contribution >= 0.6 is 0 Å². The Bertz CT molecular complexity index is 406. The molecule has 94 valence electrons. The molecule has 5 nitrogen and oxygen atoms in total. The number of nitrogens with zero attached hydrogens (tertiary/aromatic N) is 2. The Morgan fingerprint density at radius 3 is 2.71 bits per heavy atom. The number of carbonyl (C=O) groups is 1. The second-order valence-electron chi connectivity index (χ2n) is 5.16. The zero-order valence-electron chi connectivity index (χ0n) is 10.7. The highest BCUT2D eigenvalue weighted by Crippen LogP contribution is 2.51. The fourth-order valence-electron chi connectivity index (χ4n) is 2.01. The molecule has 1 aromatic heterocycles. The summed E-state index contributed by atoms with van der Waals surface area (Å²) in [4.78, 5) is 15.9. The van der Waals surface area contributed by atoms with Crippen molar-refractivity contribution >= 4 is 5.91 Å². The molecule has 1 amide bonds. The third-order valence-electron chi connectivity index (χ3n) is 3.79. The van der Waals surface area contributed by atoms with Crippen LogP contribution in [0.4, 0.5) is 0 Å². The summed E-state index contributed by atoms with van der Waals surface area (Å²) >= 11 is 0. The first kappa shape index (κ1) is 12.1. The molecule has 1 fully saturated rings. The average Bonchev–Trinajstić information content (AvgIpc) is 2.96. The lowest BCUT2D eigenvalue weighted by molar-refractivity contribution is 0.0929. The van der Waals surface area contributed by atoms with Crippen LogP contribution in [0.15, 0.2) is 0 Å². The van der Waals surface area contributed by atoms with Crippen LogP contribution in [-0.2, 0) is 6.42 Å². The predicted molar refractivity (Wildman–Crippen MR) is 64.6 cm³/mol. The summed E-state index contributed by atoms with van der Waals surface area (Å²) in [6.07, 6.45) is 3.18. The van der Waals surface area contributed by atoms with E-state index in [0.717, 1.165) is 18.8 Å². The molecule has 1 aliphatic carbocycles. The van der Waals surface area contributed by atoms with Gasteiger partial charge in [0.25, 0.3) is 5.91 Å². The molecule has 0 saturated heterocycles. The summed E-state index contributed by atoms with van der Waals surface area (Å²) in [5.74, 6) is 1.44. The van der Waals surface area contributed by atoms with Crippen LogP contribution in [0.2, 0.25) is 0 Å². The predicted octanol–water partition coefficient (Wildman–Crippen LogP) is 1.53. The van der Waals surface area contributed by atoms with Crippen molar-refractivity contribution in [2.75, 3.05) is 6.54 Å². The lowest BCUT2D eigenvalue weighted by Gasteiger charge is -2.19. The maximum absolute atomic E-state index is 11.8. The summed E-state index contributed by atoms with van der Waals surface area (Å²) in [6.45, 7) is 7.13. The van der Waals surface area contributed by atoms with E-state index in [1.165, 1.54) is 12.8 Å². The molecule has 0 unspecified atom stereocenters. The molecule has 0 aromatic carbocycles. The van der Waals surface area contributed by atoms with Crippen LogP contribution in [0.25, 0.3) is 0 Å². The van der Waals surface area contributed by atoms with Gasteiger partial charge in [-0.25, -0.2) is 4.98 Å². The van der Waals surface area contributed by atoms with Crippen molar-refractivity contribution in [1.82, 2.24) is 20.5 Å². The highest BCUT2D eigenvalue weighted by Gasteiger charge is 2.45. The van der Waals surface area contributed by atoms with E-state index in [1.807, 2.05) is 6.92 Å². The number of H-pyrrole nitrogens is 1. The van der Waals surface area contributed by atoms with Crippen LogP contribution in [0, 0.1) is 11.3 Å². The van der Waals surface area contributed by atoms with Crippen molar-refractivity contribution < 1.29 is 4.79 Å². The van der Waals surface area contributed by atoms with Crippen LogP contribution in [0.5, 0.6) is 0 Å². The smallest absolute Gasteiger partial charge is 0.290 e. The Morgan fingerprint density at radius 2 is 2.24 bits per heavy atom. The molecule has 1 aliphatic rings. The molecule has 0 aliphatic heterocycles. The van der Waals surface area contributed by atoms with E-state index in [2.05, 4.69) is 34.3 Å². The van der Waals surface area contributed by atoms with E-state index in [-0.39, 0.29) is 11.7 Å². The Hall–Kier alpha value is -1.39. The minimum Gasteiger partial charge on any atom is -0.349 e. The number of hydrogen-bond donors (Lipinski definition) is 2. The number of nitrogens with one attached hydrogen (secondary N) is 2. The average molecular weight is 236 g/mol. The minimum atomic E-state index is -0.173. The molecule has 5 heteroatoms. The molecule has 17 heavy (non-hydrogen) atoms. The number of aryl methyl sites for hydroxylation is 1. The van der Waals surface area contributed by atoms with Gasteiger partial charge in [0, 0.05) is 13.0 Å². The quantitative estimate of drug-likeness (QED) is 0.814. The standard InChI is InChI=1S/C12H20N4O/c1-4-9-14-10(16-15-9)11(17)13-7-12(5-6-12)8(2)3/h8H,4-7H2,1-3H3,(H,13,17)(H,14,15,16). The van der Waals surface area contributed by atoms with E-state index >= 15 is 0 Å². The van der Waals surface area contributed by atoms with Gasteiger partial charge in [-0.3, -0.25) is 9.89 Å². The largest absolute Gasteiger partial charge is 0.349 e. The number of aromatic amines is 1. The van der Waals surface area contributed by atoms with Crippen LogP contribution in [0.3, 0.4) is 0 Å². The zero-order valence-corrected chi connectivity index (χ0v) is 10.7. The molecule has 1 aromatic rings. The van der Waals surface area contributed by atoms with E-state index < -0.39 is 0 Å². The highest BCUT2D eigenvalue weighted by atomic mass is 16.2. The number of hydrogen-bond acceptors (Lipinski definition) is 3. The van der Waals surface area contributed by atoms with Gasteiger partial charge >= 0.3 is 0 Å². The number of rotatable bonds is 5. The highest BCUT2D eigenvalue weighted by molar-refractivity contribution is 5.90. The summed E-state index contributed by atoms with van der Waals surface area (Å²) in [5, 5.41) is 9.59. The summed E-state index contributed by atoms with van der Waals surface area (Å²) in [7, 11) is 0. The third-order valence-corrected chi connectivity index (χ3v) is 3.79. The molecular formula is C12H20N4O. The van der Waals surface area contributed by atoms with Gasteiger partial charge in [-0.1, -0.05) is 20.8 Å². The molecule has 2 rings (SSSR count). The van der Waals surface area contributed by atoms with Crippen LogP contribution in [0.1, 0.15) is 50.1 Å². The maximum Gasteiger partial charge on any atom is 0.290 e. The van der Waals surface area contributed by atoms with Crippen molar-refractivity contribution in [3.8, 4) is 0 Å². The summed E-state index contributed by atoms with van der Waals surface area (Å²) < 4.78 is 0. The lowest BCUT2D eigenvalue weighted by Crippen LogP contribution is -2.33. The van der Waals surface area contributed by atoms with Gasteiger partial charge in [0.1, 0.15) is 5.82 Å². The molecule has 0 spiro atoms. The maximum atomic E-state index is 11.8. The van der Waals surface area contributed by atoms with Crippen molar-refractivity contribution in [2.45, 2.75) is 40.0 Å². The second kappa shape index (κ2) is 4.47. The van der Waals surface area contributed by atoms with E-state index in [0.29, 0.717) is 11.3 Å². The molecule has 0 bridgehead atoms. The molecule has 0 atom stereocenters. The van der Waals surface area contributed by atoms with Crippen molar-refractivity contribution in [3.63, 3.8) is 0 Å². The van der Waals surface area contributed by atoms with Crippen molar-refractivity contribution in [2.24, 2.45) is 11.3 Å². The molecule has 0 radical (unpaired) electrons. The monoisotopic (exact) mass is 236 g/mol. The Kier molecular flexibility index (Phi) is 3.17. The van der Waals surface area contributed by atoms with Gasteiger partial charge in [-0.05, 0) is 24.2 Å². The molecule has 1 saturated carbocycles. The van der Waals surface area contributed by atoms with Gasteiger partial charge < -0.3 is 5.32 Å². The minimum absolute atomic E-state index is 0.173. The SMILES string of the molecule is CCc1nc(C(=O)NCC2(C(C)C)CC2)n[nH]1. The summed E-state index contributed by atoms with van der Waals surface area (Å²) in [6, 6.07) is 0. The first-order valence-corrected chi connectivity index (χ1v) is 6.27. The number of aromatic nitrogens is 3. The molecular weight excluding hydrogens is 216 g/mol. The number of carbonyl (C=O) groups excluding carboxylic acids is 1. The Morgan fingerprint density at radius 1 is 1.53 bits per heavy atom. The van der Waals surface area contributed by atoms with Gasteiger partial charge in [0.05, 0.1) is 0 Å². The molecule has 1 heterocycles. The Labute approximate surface area is 101 Å². The van der Waals surface area contributed by atoms with Crippen LogP contribution in [-0.4, -0.2) is 27.6 Å². The lowest BCUT2D eigenvalue weighted by atomic mass is 9.92. The fraction of sp³-hybridized carbons (Fsp3) is 0.750. The van der Waals surface area contributed by atoms with E-state index in [4.69, 9.17) is 0 Å².